The number of rotatable bonds is 45. The molecule has 34 heteroatoms. The topological polar surface area (TPSA) is 488 Å². The van der Waals surface area contributed by atoms with Crippen LogP contribution >= 0.6 is 0 Å². The first-order chi connectivity index (χ1) is 53.5. The predicted molar refractivity (Wildman–Crippen MR) is 416 cm³/mol. The highest BCUT2D eigenvalue weighted by molar-refractivity contribution is 5.97. The Kier molecular flexibility index (Phi) is 42.6. The number of ether oxygens (including phenoxy) is 5. The third-order valence-electron chi connectivity index (χ3n) is 17.1. The Morgan fingerprint density at radius 1 is 0.482 bits per heavy atom. The van der Waals surface area contributed by atoms with Gasteiger partial charge in [-0.2, -0.15) is 0 Å². The van der Waals surface area contributed by atoms with Crippen LogP contribution < -0.4 is 47.3 Å². The van der Waals surface area contributed by atoms with Gasteiger partial charge in [-0.1, -0.05) is 98.6 Å². The molecule has 0 aliphatic heterocycles. The molecule has 6 atom stereocenters. The average Bonchev–Trinajstić information content (AvgIpc) is 0.873. The number of imidazole rings is 2. The van der Waals surface area contributed by atoms with Crippen LogP contribution in [0.4, 0.5) is 0 Å². The molecule has 0 bridgehead atoms. The van der Waals surface area contributed by atoms with E-state index in [2.05, 4.69) is 123 Å². The van der Waals surface area contributed by atoms with Gasteiger partial charge in [-0.15, -0.1) is 0 Å². The number of aromatic nitrogens is 4. The third-order valence-corrected chi connectivity index (χ3v) is 17.1. The van der Waals surface area contributed by atoms with Crippen LogP contribution in [0.1, 0.15) is 123 Å². The van der Waals surface area contributed by atoms with Gasteiger partial charge in [0.25, 0.3) is 0 Å². The molecule has 6 rings (SSSR count). The largest absolute Gasteiger partial charge is 0.508 e. The number of carbonyl (C=O) groups is 10. The molecule has 606 valence electrons. The van der Waals surface area contributed by atoms with Gasteiger partial charge in [0.15, 0.2) is 0 Å². The predicted octanol–water partition coefficient (Wildman–Crippen LogP) is 6.70. The van der Waals surface area contributed by atoms with E-state index in [1.54, 1.807) is 48.8 Å². The zero-order valence-electron chi connectivity index (χ0n) is 65.6. The summed E-state index contributed by atoms with van der Waals surface area (Å²) < 4.78 is 27.0. The number of hydrogen-bond donors (Lipinski definition) is 11. The van der Waals surface area contributed by atoms with E-state index < -0.39 is 108 Å². The van der Waals surface area contributed by atoms with Gasteiger partial charge in [-0.3, -0.25) is 47.9 Å². The molecule has 8 amide bonds. The van der Waals surface area contributed by atoms with Gasteiger partial charge in [0.2, 0.25) is 47.3 Å². The monoisotopic (exact) mass is 1550 g/mol. The molecule has 0 saturated carbocycles. The van der Waals surface area contributed by atoms with E-state index in [1.165, 1.54) is 66.5 Å². The van der Waals surface area contributed by atoms with Crippen molar-refractivity contribution < 1.29 is 76.7 Å². The van der Waals surface area contributed by atoms with E-state index in [9.17, 15) is 53.1 Å². The lowest BCUT2D eigenvalue weighted by atomic mass is 9.96. The number of esters is 2. The summed E-state index contributed by atoms with van der Waals surface area (Å²) in [4.78, 5) is 149. The first kappa shape index (κ1) is 92.5. The number of aryl methyl sites for hydroxylation is 2. The fourth-order valence-corrected chi connectivity index (χ4v) is 10.9. The second-order valence-electron chi connectivity index (χ2n) is 27.1. The molecule has 0 spiro atoms. The first-order valence-electron chi connectivity index (χ1n) is 36.9. The summed E-state index contributed by atoms with van der Waals surface area (Å²) in [5.41, 5.74) is 27.8. The molecule has 0 unspecified atom stereocenters. The molecular formula is C78H108N18O16. The van der Waals surface area contributed by atoms with Crippen molar-refractivity contribution in [2.24, 2.45) is 22.1 Å². The Morgan fingerprint density at radius 2 is 0.884 bits per heavy atom. The summed E-state index contributed by atoms with van der Waals surface area (Å²) in [5, 5.41) is 37.4. The summed E-state index contributed by atoms with van der Waals surface area (Å²) in [6.07, 6.45) is 6.52. The molecule has 0 aliphatic rings. The molecule has 0 saturated heterocycles. The van der Waals surface area contributed by atoms with Gasteiger partial charge < -0.3 is 81.3 Å². The lowest BCUT2D eigenvalue weighted by Gasteiger charge is -2.26. The Morgan fingerprint density at radius 3 is 1.27 bits per heavy atom. The van der Waals surface area contributed by atoms with Crippen molar-refractivity contribution in [3.8, 4) is 11.5 Å². The molecule has 11 N–H and O–H groups in total. The number of azide groups is 2. The normalized spacial score (nSPS) is 12.3. The van der Waals surface area contributed by atoms with Crippen molar-refractivity contribution in [3.05, 3.63) is 187 Å². The first-order valence-corrected chi connectivity index (χ1v) is 36.9. The van der Waals surface area contributed by atoms with E-state index >= 15 is 0 Å². The highest BCUT2D eigenvalue weighted by Crippen LogP contribution is 2.21. The highest BCUT2D eigenvalue weighted by Gasteiger charge is 2.34. The SMILES string of the molecule is CC(=O)N[C@@H](Cc1ccc(O)cc1)C(=O)N[C@H](CC(C)C)C(=O)N[C@@H](CC(=O)OCCc1cnc[nH]1)C(=O)NCCOCCN=[N+]=[N-].CC(=O)N[C@@H](Cc1ccc(OCc2ccccc2)cc1)C(=O)N[C@H](CC(C)C)C(=O)N[C@@H](CC(=O)OCCc1cnc[nH]1)C(=O)NCCOCCN=[N+]=[N-].Cc1cc(C)c(C)c(C)c1C. The van der Waals surface area contributed by atoms with Gasteiger partial charge in [0.05, 0.1) is 65.1 Å². The fraction of sp³-hybridized carbons (Fsp3) is 0.487. The number of aromatic amines is 2. The molecule has 112 heavy (non-hydrogen) atoms. The summed E-state index contributed by atoms with van der Waals surface area (Å²) in [6.45, 7) is 22.1. The van der Waals surface area contributed by atoms with Crippen LogP contribution in [-0.2, 0) is 99.2 Å². The zero-order valence-corrected chi connectivity index (χ0v) is 65.6. The Hall–Kier alpha value is -11.9. The Balaban J connectivity index is 0.000000417. The molecule has 34 nitrogen and oxygen atoms in total. The number of benzene rings is 4. The number of phenols is 1. The number of nitrogens with zero attached hydrogens (tertiary/aromatic N) is 8. The maximum Gasteiger partial charge on any atom is 0.308 e. The average molecular weight is 1550 g/mol. The van der Waals surface area contributed by atoms with Crippen molar-refractivity contribution >= 4 is 59.2 Å². The molecule has 0 radical (unpaired) electrons. The second kappa shape index (κ2) is 51.5. The van der Waals surface area contributed by atoms with E-state index in [4.69, 9.17) is 34.7 Å². The van der Waals surface area contributed by atoms with Crippen LogP contribution in [0, 0.1) is 46.5 Å². The minimum Gasteiger partial charge on any atom is -0.508 e. The fourth-order valence-electron chi connectivity index (χ4n) is 10.9. The van der Waals surface area contributed by atoms with Crippen LogP contribution in [0.3, 0.4) is 0 Å². The van der Waals surface area contributed by atoms with Crippen molar-refractivity contribution in [1.82, 2.24) is 62.5 Å². The van der Waals surface area contributed by atoms with Gasteiger partial charge >= 0.3 is 11.9 Å². The number of aromatic hydroxyl groups is 1. The van der Waals surface area contributed by atoms with Crippen LogP contribution in [0.5, 0.6) is 11.5 Å². The van der Waals surface area contributed by atoms with Crippen molar-refractivity contribution in [3.63, 3.8) is 0 Å². The number of amides is 8. The van der Waals surface area contributed by atoms with Crippen LogP contribution in [-0.4, -0.2) is 186 Å². The van der Waals surface area contributed by atoms with Crippen molar-refractivity contribution in [2.45, 2.75) is 170 Å². The molecule has 6 aromatic rings. The molecule has 0 fully saturated rings. The minimum atomic E-state index is -1.35. The van der Waals surface area contributed by atoms with Crippen LogP contribution in [0.15, 0.2) is 120 Å². The van der Waals surface area contributed by atoms with Crippen molar-refractivity contribution in [1.29, 1.82) is 0 Å². The lowest BCUT2D eigenvalue weighted by Crippen LogP contribution is -2.57. The third kappa shape index (κ3) is 37.5. The van der Waals surface area contributed by atoms with Gasteiger partial charge in [0, 0.05) is 99.3 Å². The number of H-pyrrole nitrogens is 2. The van der Waals surface area contributed by atoms with Gasteiger partial charge in [0.1, 0.15) is 54.4 Å². The zero-order chi connectivity index (χ0) is 82.3. The van der Waals surface area contributed by atoms with Gasteiger partial charge in [-0.05, 0) is 139 Å². The maximum atomic E-state index is 13.7. The van der Waals surface area contributed by atoms with E-state index in [-0.39, 0.29) is 109 Å². The number of carbonyl (C=O) groups excluding carboxylic acids is 10. The van der Waals surface area contributed by atoms with Crippen molar-refractivity contribution in [2.75, 3.05) is 65.8 Å². The minimum absolute atomic E-state index is 0.0138. The number of nitrogens with one attached hydrogen (secondary N) is 10. The molecule has 2 aromatic heterocycles. The second-order valence-corrected chi connectivity index (χ2v) is 27.1. The standard InChI is InChI=1S/C37H49N9O8.C30H43N9O8.C11H16/c1-25(2)19-31(44-37(51)32(43-26(3)47)20-27-9-11-30(12-10-27)54-23-28-7-5-4-6-8-28)36(50)45-33(35(49)40-14-17-52-18-15-42-46-38)21-34(48)53-16-13-29-22-39-24-41-29;1-19(2)14-24(37-30(45)25(36-20(3)40)15-21-4-6-23(41)7-5-21)29(44)38-26(28(43)33-9-12-46-13-10-35-39-31)16-27(42)47-11-8-22-17-32-18-34-22;1-7-6-8(2)10(4)11(5)9(7)3/h4-12,22,24-25,31-33H,13-21,23H2,1-3H3,(H,39,41)(H,40,49)(H,43,47)(H,44,51)(H,45,50);4-7,17-19,24-26,41H,8-16H2,1-3H3,(H,32,34)(H,33,43)(H,36,40)(H,37,45)(H,38,44);6H,1-5H3/t31-,32+,33+;24-,25+,26+;/m11./s1. The number of hydrogen-bond acceptors (Lipinski definition) is 20. The quantitative estimate of drug-likeness (QED) is 0.00623. The summed E-state index contributed by atoms with van der Waals surface area (Å²) >= 11 is 0. The summed E-state index contributed by atoms with van der Waals surface area (Å²) in [5.74, 6) is -5.82. The lowest BCUT2D eigenvalue weighted by molar-refractivity contribution is -0.147. The molecule has 0 aliphatic carbocycles. The van der Waals surface area contributed by atoms with Crippen LogP contribution in [0.2, 0.25) is 0 Å². The molecule has 4 aromatic carbocycles. The van der Waals surface area contributed by atoms with E-state index in [0.29, 0.717) is 30.8 Å². The summed E-state index contributed by atoms with van der Waals surface area (Å²) in [6, 6.07) is 18.3. The van der Waals surface area contributed by atoms with E-state index in [1.807, 2.05) is 58.0 Å². The van der Waals surface area contributed by atoms with E-state index in [0.717, 1.165) is 22.5 Å². The smallest absolute Gasteiger partial charge is 0.308 e. The van der Waals surface area contributed by atoms with Crippen LogP contribution in [0.25, 0.3) is 20.9 Å². The Labute approximate surface area is 652 Å². The van der Waals surface area contributed by atoms with Gasteiger partial charge in [-0.25, -0.2) is 9.97 Å². The summed E-state index contributed by atoms with van der Waals surface area (Å²) in [7, 11) is 0. The molecule has 2 heterocycles. The number of phenolic OH excluding ortho intramolecular Hbond substituents is 1. The Bertz CT molecular complexity index is 3990. The molecular weight excluding hydrogens is 1440 g/mol. The highest BCUT2D eigenvalue weighted by atomic mass is 16.5. The maximum absolute atomic E-state index is 13.7.